The second-order valence-corrected chi connectivity index (χ2v) is 6.50. The molecule has 0 amide bonds. The first-order valence-electron chi connectivity index (χ1n) is 8.28. The number of nitrogens with zero attached hydrogens (tertiary/aromatic N) is 1. The van der Waals surface area contributed by atoms with Crippen molar-refractivity contribution in [2.45, 2.75) is 13.2 Å². The molecule has 0 bridgehead atoms. The van der Waals surface area contributed by atoms with Gasteiger partial charge in [0.05, 0.1) is 5.52 Å². The lowest BCUT2D eigenvalue weighted by atomic mass is 10.2. The van der Waals surface area contributed by atoms with E-state index < -0.39 is 0 Å². The Balaban J connectivity index is 1.55. The molecule has 0 saturated carbocycles. The van der Waals surface area contributed by atoms with Crippen LogP contribution in [0.2, 0.25) is 5.02 Å². The van der Waals surface area contributed by atoms with Gasteiger partial charge in [0, 0.05) is 23.8 Å². The highest BCUT2D eigenvalue weighted by Gasteiger charge is 2.05. The lowest BCUT2D eigenvalue weighted by Gasteiger charge is -2.09. The number of halogens is 1. The first-order chi connectivity index (χ1) is 12.3. The summed E-state index contributed by atoms with van der Waals surface area (Å²) in [6.07, 6.45) is 2.11. The number of hydrogen-bond donors (Lipinski definition) is 0. The molecule has 3 aromatic carbocycles. The molecule has 4 rings (SSSR count). The van der Waals surface area contributed by atoms with E-state index in [1.165, 1.54) is 22.0 Å². The average Bonchev–Trinajstić information content (AvgIpc) is 3.05. The van der Waals surface area contributed by atoms with Crippen molar-refractivity contribution in [2.75, 3.05) is 0 Å². The summed E-state index contributed by atoms with van der Waals surface area (Å²) in [6.45, 7) is 1.38. The number of benzene rings is 3. The maximum absolute atomic E-state index is 5.97. The van der Waals surface area contributed by atoms with Gasteiger partial charge in [-0.25, -0.2) is 0 Å². The summed E-state index contributed by atoms with van der Waals surface area (Å²) in [6, 6.07) is 26.6. The quantitative estimate of drug-likeness (QED) is 0.437. The highest BCUT2D eigenvalue weighted by molar-refractivity contribution is 6.30. The standard InChI is InChI=1S/C22H18ClNO/c23-20-9-6-17(7-10-20)15-24-13-12-19-8-11-21(14-22(19)24)25-16-18-4-2-1-3-5-18/h1-14H,15-16H2. The van der Waals surface area contributed by atoms with Crippen molar-refractivity contribution in [3.8, 4) is 5.75 Å². The molecule has 1 aromatic heterocycles. The fourth-order valence-electron chi connectivity index (χ4n) is 2.92. The van der Waals surface area contributed by atoms with Gasteiger partial charge in [0.25, 0.3) is 0 Å². The van der Waals surface area contributed by atoms with Crippen LogP contribution in [0.25, 0.3) is 10.9 Å². The first-order valence-corrected chi connectivity index (χ1v) is 8.66. The molecular weight excluding hydrogens is 330 g/mol. The van der Waals surface area contributed by atoms with Gasteiger partial charge < -0.3 is 9.30 Å². The van der Waals surface area contributed by atoms with Crippen molar-refractivity contribution in [2.24, 2.45) is 0 Å². The van der Waals surface area contributed by atoms with Crippen molar-refractivity contribution in [3.63, 3.8) is 0 Å². The van der Waals surface area contributed by atoms with Gasteiger partial charge in [0.1, 0.15) is 12.4 Å². The summed E-state index contributed by atoms with van der Waals surface area (Å²) in [7, 11) is 0. The van der Waals surface area contributed by atoms with E-state index in [2.05, 4.69) is 53.2 Å². The van der Waals surface area contributed by atoms with E-state index in [9.17, 15) is 0 Å². The number of fused-ring (bicyclic) bond motifs is 1. The molecule has 0 aliphatic carbocycles. The van der Waals surface area contributed by atoms with Crippen molar-refractivity contribution in [3.05, 3.63) is 101 Å². The zero-order valence-corrected chi connectivity index (χ0v) is 14.5. The van der Waals surface area contributed by atoms with Gasteiger partial charge in [0.2, 0.25) is 0 Å². The molecule has 1 heterocycles. The van der Waals surface area contributed by atoms with Gasteiger partial charge >= 0.3 is 0 Å². The molecule has 0 fully saturated rings. The van der Waals surface area contributed by atoms with Gasteiger partial charge in [-0.2, -0.15) is 0 Å². The Labute approximate surface area is 152 Å². The van der Waals surface area contributed by atoms with Gasteiger partial charge in [-0.05, 0) is 46.8 Å². The zero-order chi connectivity index (χ0) is 17.1. The number of hydrogen-bond acceptors (Lipinski definition) is 1. The third-order valence-electron chi connectivity index (χ3n) is 4.26. The van der Waals surface area contributed by atoms with E-state index in [-0.39, 0.29) is 0 Å². The summed E-state index contributed by atoms with van der Waals surface area (Å²) < 4.78 is 8.19. The summed E-state index contributed by atoms with van der Waals surface area (Å²) in [4.78, 5) is 0. The van der Waals surface area contributed by atoms with Gasteiger partial charge in [-0.3, -0.25) is 0 Å². The molecule has 25 heavy (non-hydrogen) atoms. The summed E-state index contributed by atoms with van der Waals surface area (Å²) in [5, 5.41) is 1.97. The highest BCUT2D eigenvalue weighted by Crippen LogP contribution is 2.24. The van der Waals surface area contributed by atoms with Crippen molar-refractivity contribution in [1.82, 2.24) is 4.57 Å². The van der Waals surface area contributed by atoms with E-state index >= 15 is 0 Å². The fourth-order valence-corrected chi connectivity index (χ4v) is 3.04. The maximum Gasteiger partial charge on any atom is 0.121 e. The molecule has 0 radical (unpaired) electrons. The summed E-state index contributed by atoms with van der Waals surface area (Å²) in [5.41, 5.74) is 3.55. The predicted octanol–water partition coefficient (Wildman–Crippen LogP) is 5.92. The Hall–Kier alpha value is -2.71. The molecular formula is C22H18ClNO. The second kappa shape index (κ2) is 7.04. The Kier molecular flexibility index (Phi) is 4.45. The Morgan fingerprint density at radius 2 is 1.60 bits per heavy atom. The van der Waals surface area contributed by atoms with E-state index in [1.807, 2.05) is 36.4 Å². The number of ether oxygens (including phenoxy) is 1. The topological polar surface area (TPSA) is 14.2 Å². The van der Waals surface area contributed by atoms with Crippen LogP contribution in [0.15, 0.2) is 85.1 Å². The molecule has 0 atom stereocenters. The minimum absolute atomic E-state index is 0.574. The molecule has 4 aromatic rings. The molecule has 0 aliphatic heterocycles. The molecule has 3 heteroatoms. The number of aromatic nitrogens is 1. The van der Waals surface area contributed by atoms with Crippen LogP contribution in [0.4, 0.5) is 0 Å². The minimum Gasteiger partial charge on any atom is -0.489 e. The van der Waals surface area contributed by atoms with Crippen molar-refractivity contribution >= 4 is 22.5 Å². The SMILES string of the molecule is Clc1ccc(Cn2ccc3ccc(OCc4ccccc4)cc32)cc1. The highest BCUT2D eigenvalue weighted by atomic mass is 35.5. The Morgan fingerprint density at radius 3 is 2.40 bits per heavy atom. The second-order valence-electron chi connectivity index (χ2n) is 6.07. The van der Waals surface area contributed by atoms with Crippen LogP contribution >= 0.6 is 11.6 Å². The van der Waals surface area contributed by atoms with Crippen LogP contribution < -0.4 is 4.74 Å². The van der Waals surface area contributed by atoms with Crippen molar-refractivity contribution in [1.29, 1.82) is 0 Å². The van der Waals surface area contributed by atoms with Crippen LogP contribution in [-0.2, 0) is 13.2 Å². The lowest BCUT2D eigenvalue weighted by Crippen LogP contribution is -1.98. The normalized spacial score (nSPS) is 10.9. The average molecular weight is 348 g/mol. The zero-order valence-electron chi connectivity index (χ0n) is 13.7. The predicted molar refractivity (Wildman–Crippen MR) is 103 cm³/mol. The first kappa shape index (κ1) is 15.8. The summed E-state index contributed by atoms with van der Waals surface area (Å²) >= 11 is 5.97. The molecule has 0 aliphatic rings. The van der Waals surface area contributed by atoms with Crippen LogP contribution in [-0.4, -0.2) is 4.57 Å². The van der Waals surface area contributed by atoms with Crippen LogP contribution in [0, 0.1) is 0 Å². The smallest absolute Gasteiger partial charge is 0.121 e. The Morgan fingerprint density at radius 1 is 0.800 bits per heavy atom. The third kappa shape index (κ3) is 3.70. The van der Waals surface area contributed by atoms with Gasteiger partial charge in [0.15, 0.2) is 0 Å². The molecule has 0 spiro atoms. The van der Waals surface area contributed by atoms with E-state index in [0.29, 0.717) is 6.61 Å². The van der Waals surface area contributed by atoms with Crippen LogP contribution in [0.1, 0.15) is 11.1 Å². The Bertz CT molecular complexity index is 974. The van der Waals surface area contributed by atoms with Gasteiger partial charge in [-0.15, -0.1) is 0 Å². The van der Waals surface area contributed by atoms with Crippen LogP contribution in [0.3, 0.4) is 0 Å². The van der Waals surface area contributed by atoms with Gasteiger partial charge in [-0.1, -0.05) is 54.1 Å². The third-order valence-corrected chi connectivity index (χ3v) is 4.51. The maximum atomic E-state index is 5.97. The van der Waals surface area contributed by atoms with E-state index in [0.717, 1.165) is 17.3 Å². The van der Waals surface area contributed by atoms with E-state index in [1.54, 1.807) is 0 Å². The minimum atomic E-state index is 0.574. The molecule has 124 valence electrons. The largest absolute Gasteiger partial charge is 0.489 e. The lowest BCUT2D eigenvalue weighted by molar-refractivity contribution is 0.306. The van der Waals surface area contributed by atoms with Crippen LogP contribution in [0.5, 0.6) is 5.75 Å². The summed E-state index contributed by atoms with van der Waals surface area (Å²) in [5.74, 6) is 0.882. The molecule has 0 N–H and O–H groups in total. The fraction of sp³-hybridized carbons (Fsp3) is 0.0909. The van der Waals surface area contributed by atoms with E-state index in [4.69, 9.17) is 16.3 Å². The molecule has 0 unspecified atom stereocenters. The molecule has 2 nitrogen and oxygen atoms in total. The number of rotatable bonds is 5. The monoisotopic (exact) mass is 347 g/mol. The molecule has 0 saturated heterocycles. The van der Waals surface area contributed by atoms with Crippen molar-refractivity contribution < 1.29 is 4.74 Å².